The molecule has 0 spiro atoms. The Bertz CT molecular complexity index is 512. The van der Waals surface area contributed by atoms with Crippen LogP contribution in [-0.4, -0.2) is 24.6 Å². The van der Waals surface area contributed by atoms with Crippen LogP contribution in [0.4, 0.5) is 0 Å². The van der Waals surface area contributed by atoms with Gasteiger partial charge in [0.05, 0.1) is 18.5 Å². The van der Waals surface area contributed by atoms with Gasteiger partial charge in [0.25, 0.3) is 0 Å². The van der Waals surface area contributed by atoms with Crippen molar-refractivity contribution in [3.63, 3.8) is 0 Å². The third-order valence-electron chi connectivity index (χ3n) is 2.46. The second-order valence-electron chi connectivity index (χ2n) is 3.55. The molecule has 2 aromatic rings. The average molecular weight is 250 g/mol. The Hall–Kier alpha value is -1.40. The molecule has 0 amide bonds. The fourth-order valence-electron chi connectivity index (χ4n) is 1.39. The molecule has 0 saturated carbocycles. The summed E-state index contributed by atoms with van der Waals surface area (Å²) in [5, 5.41) is 10.8. The van der Waals surface area contributed by atoms with Crippen molar-refractivity contribution in [1.29, 1.82) is 0 Å². The third-order valence-corrected chi connectivity index (χ3v) is 3.45. The van der Waals surface area contributed by atoms with E-state index in [0.29, 0.717) is 0 Å². The second kappa shape index (κ2) is 5.29. The van der Waals surface area contributed by atoms with E-state index >= 15 is 0 Å². The van der Waals surface area contributed by atoms with Gasteiger partial charge in [0.15, 0.2) is 5.16 Å². The summed E-state index contributed by atoms with van der Waals surface area (Å²) < 4.78 is 1.86. The molecule has 0 aliphatic heterocycles. The number of rotatable bonds is 4. The van der Waals surface area contributed by atoms with Crippen LogP contribution in [0.25, 0.3) is 0 Å². The monoisotopic (exact) mass is 250 g/mol. The Kier molecular flexibility index (Phi) is 3.75. The number of aliphatic hydroxyl groups excluding tert-OH is 1. The molecule has 0 radical (unpaired) electrons. The summed E-state index contributed by atoms with van der Waals surface area (Å²) in [7, 11) is 1.88. The molecule has 0 fully saturated rings. The van der Waals surface area contributed by atoms with Crippen molar-refractivity contribution in [3.05, 3.63) is 30.0 Å². The summed E-state index contributed by atoms with van der Waals surface area (Å²) in [5.74, 6) is 0. The van der Waals surface area contributed by atoms with Gasteiger partial charge in [-0.25, -0.2) is 15.0 Å². The van der Waals surface area contributed by atoms with Crippen LogP contribution < -0.4 is 0 Å². The van der Waals surface area contributed by atoms with Crippen molar-refractivity contribution < 1.29 is 5.11 Å². The summed E-state index contributed by atoms with van der Waals surface area (Å²) in [6.07, 6.45) is 4.12. The Morgan fingerprint density at radius 2 is 2.18 bits per heavy atom. The molecule has 0 aromatic carbocycles. The maximum absolute atomic E-state index is 9.08. The van der Waals surface area contributed by atoms with E-state index in [2.05, 4.69) is 21.9 Å². The van der Waals surface area contributed by atoms with Crippen molar-refractivity contribution in [1.82, 2.24) is 19.5 Å². The van der Waals surface area contributed by atoms with Gasteiger partial charge in [-0.3, -0.25) is 0 Å². The number of aromatic nitrogens is 4. The van der Waals surface area contributed by atoms with Crippen LogP contribution in [0.5, 0.6) is 0 Å². The lowest BCUT2D eigenvalue weighted by atomic mass is 10.3. The van der Waals surface area contributed by atoms with Gasteiger partial charge in [0, 0.05) is 12.7 Å². The topological polar surface area (TPSA) is 63.8 Å². The Morgan fingerprint density at radius 3 is 2.82 bits per heavy atom. The molecule has 17 heavy (non-hydrogen) atoms. The van der Waals surface area contributed by atoms with E-state index in [-0.39, 0.29) is 6.61 Å². The van der Waals surface area contributed by atoms with Crippen molar-refractivity contribution in [2.45, 2.75) is 30.1 Å². The van der Waals surface area contributed by atoms with Gasteiger partial charge < -0.3 is 9.67 Å². The van der Waals surface area contributed by atoms with E-state index in [4.69, 9.17) is 5.11 Å². The number of hydrogen-bond acceptors (Lipinski definition) is 5. The highest BCUT2D eigenvalue weighted by Gasteiger charge is 2.08. The molecule has 0 aliphatic rings. The largest absolute Gasteiger partial charge is 0.390 e. The molecule has 2 heterocycles. The minimum Gasteiger partial charge on any atom is -0.390 e. The zero-order valence-electron chi connectivity index (χ0n) is 9.79. The lowest BCUT2D eigenvalue weighted by molar-refractivity contribution is 0.271. The highest BCUT2D eigenvalue weighted by molar-refractivity contribution is 7.99. The molecule has 2 rings (SSSR count). The third kappa shape index (κ3) is 2.65. The molecular weight excluding hydrogens is 236 g/mol. The highest BCUT2D eigenvalue weighted by Crippen LogP contribution is 2.25. The Balaban J connectivity index is 2.22. The zero-order valence-corrected chi connectivity index (χ0v) is 10.6. The molecule has 90 valence electrons. The summed E-state index contributed by atoms with van der Waals surface area (Å²) >= 11 is 1.47. The van der Waals surface area contributed by atoms with Crippen molar-refractivity contribution >= 4 is 11.8 Å². The summed E-state index contributed by atoms with van der Waals surface area (Å²) in [6, 6.07) is 1.96. The van der Waals surface area contributed by atoms with E-state index in [1.165, 1.54) is 11.8 Å². The van der Waals surface area contributed by atoms with E-state index in [9.17, 15) is 0 Å². The van der Waals surface area contributed by atoms with Crippen LogP contribution in [0, 0.1) is 0 Å². The lowest BCUT2D eigenvalue weighted by Gasteiger charge is -2.03. The van der Waals surface area contributed by atoms with Gasteiger partial charge in [-0.1, -0.05) is 6.92 Å². The first-order valence-corrected chi connectivity index (χ1v) is 6.16. The van der Waals surface area contributed by atoms with Crippen LogP contribution in [0.1, 0.15) is 18.3 Å². The minimum atomic E-state index is -0.00591. The van der Waals surface area contributed by atoms with E-state index in [1.807, 2.05) is 17.7 Å². The molecule has 6 heteroatoms. The van der Waals surface area contributed by atoms with E-state index in [0.717, 1.165) is 28.0 Å². The standard InChI is InChI=1S/C11H14N4OS/c1-3-8-4-10(14-7-13-8)17-11-12-5-9(6-16)15(11)2/h4-5,7,16H,3,6H2,1-2H3. The summed E-state index contributed by atoms with van der Waals surface area (Å²) in [5.41, 5.74) is 1.80. The van der Waals surface area contributed by atoms with Crippen molar-refractivity contribution in [2.24, 2.45) is 7.05 Å². The first-order chi connectivity index (χ1) is 8.24. The van der Waals surface area contributed by atoms with Gasteiger partial charge >= 0.3 is 0 Å². The molecule has 2 aromatic heterocycles. The van der Waals surface area contributed by atoms with Gasteiger partial charge in [-0.2, -0.15) is 0 Å². The molecule has 1 N–H and O–H groups in total. The van der Waals surface area contributed by atoms with Crippen molar-refractivity contribution in [3.8, 4) is 0 Å². The SMILES string of the molecule is CCc1cc(Sc2ncc(CO)n2C)ncn1. The predicted molar refractivity (Wildman–Crippen MR) is 64.7 cm³/mol. The van der Waals surface area contributed by atoms with E-state index in [1.54, 1.807) is 12.5 Å². The normalized spacial score (nSPS) is 10.8. The number of hydrogen-bond donors (Lipinski definition) is 1. The minimum absolute atomic E-state index is 0.00591. The number of nitrogens with zero attached hydrogens (tertiary/aromatic N) is 4. The fourth-order valence-corrected chi connectivity index (χ4v) is 2.23. The van der Waals surface area contributed by atoms with Crippen LogP contribution >= 0.6 is 11.8 Å². The first kappa shape index (κ1) is 12.1. The van der Waals surface area contributed by atoms with Gasteiger partial charge in [-0.15, -0.1) is 0 Å². The molecular formula is C11H14N4OS. The zero-order chi connectivity index (χ0) is 12.3. The maximum Gasteiger partial charge on any atom is 0.174 e. The molecule has 0 bridgehead atoms. The number of aliphatic hydroxyl groups is 1. The molecule has 0 aliphatic carbocycles. The summed E-state index contributed by atoms with van der Waals surface area (Å²) in [6.45, 7) is 2.05. The van der Waals surface area contributed by atoms with Gasteiger partial charge in [0.1, 0.15) is 11.4 Å². The quantitative estimate of drug-likeness (QED) is 0.831. The molecule has 5 nitrogen and oxygen atoms in total. The Morgan fingerprint density at radius 1 is 1.35 bits per heavy atom. The first-order valence-electron chi connectivity index (χ1n) is 5.34. The summed E-state index contributed by atoms with van der Waals surface area (Å²) in [4.78, 5) is 12.6. The van der Waals surface area contributed by atoms with Crippen LogP contribution in [0.3, 0.4) is 0 Å². The van der Waals surface area contributed by atoms with Crippen LogP contribution in [-0.2, 0) is 20.1 Å². The number of aryl methyl sites for hydroxylation is 1. The second-order valence-corrected chi connectivity index (χ2v) is 4.54. The van der Waals surface area contributed by atoms with Crippen LogP contribution in [0.2, 0.25) is 0 Å². The van der Waals surface area contributed by atoms with Gasteiger partial charge in [0.2, 0.25) is 0 Å². The van der Waals surface area contributed by atoms with Crippen molar-refractivity contribution in [2.75, 3.05) is 0 Å². The fraction of sp³-hybridized carbons (Fsp3) is 0.364. The average Bonchev–Trinajstić information content (AvgIpc) is 2.71. The molecule has 0 atom stereocenters. The van der Waals surface area contributed by atoms with E-state index < -0.39 is 0 Å². The predicted octanol–water partition coefficient (Wildman–Crippen LogP) is 1.42. The highest BCUT2D eigenvalue weighted by atomic mass is 32.2. The number of imidazole rings is 1. The maximum atomic E-state index is 9.08. The van der Waals surface area contributed by atoms with Crippen LogP contribution in [0.15, 0.2) is 28.8 Å². The smallest absolute Gasteiger partial charge is 0.174 e. The molecule has 0 saturated heterocycles. The lowest BCUT2D eigenvalue weighted by Crippen LogP contribution is -1.98. The molecule has 0 unspecified atom stereocenters. The Labute approximate surface area is 104 Å². The van der Waals surface area contributed by atoms with Gasteiger partial charge in [-0.05, 0) is 24.2 Å².